The van der Waals surface area contributed by atoms with Crippen molar-refractivity contribution >= 4 is 7.41 Å². The first kappa shape index (κ1) is 20.8. The maximum Gasteiger partial charge on any atom is 0.243 e. The van der Waals surface area contributed by atoms with Crippen LogP contribution in [0.5, 0.6) is 0 Å². The van der Waals surface area contributed by atoms with Crippen LogP contribution in [0.1, 0.15) is 62.3 Å². The highest BCUT2D eigenvalue weighted by molar-refractivity contribution is 6.30. The molecule has 1 saturated carbocycles. The molecule has 2 unspecified atom stereocenters. The summed E-state index contributed by atoms with van der Waals surface area (Å²) < 4.78 is 6.49. The Labute approximate surface area is 178 Å². The number of hydrogen-bond donors (Lipinski definition) is 1. The molecule has 1 aromatic rings. The van der Waals surface area contributed by atoms with E-state index in [2.05, 4.69) is 70.5 Å². The van der Waals surface area contributed by atoms with E-state index >= 15 is 0 Å². The lowest BCUT2D eigenvalue weighted by molar-refractivity contribution is -0.184. The van der Waals surface area contributed by atoms with Crippen molar-refractivity contribution in [3.8, 4) is 0 Å². The molecule has 1 aliphatic heterocycles. The smallest absolute Gasteiger partial charge is 0.243 e. The van der Waals surface area contributed by atoms with Gasteiger partial charge in [0.05, 0.1) is 0 Å². The third-order valence-electron chi connectivity index (χ3n) is 9.16. The summed E-state index contributed by atoms with van der Waals surface area (Å²) in [6.45, 7) is 19.4. The average Bonchev–Trinajstić information content (AvgIpc) is 2.64. The predicted molar refractivity (Wildman–Crippen MR) is 122 cm³/mol. The summed E-state index contributed by atoms with van der Waals surface area (Å²) in [5.74, 6) is 0.673. The third-order valence-corrected chi connectivity index (χ3v) is 9.16. The molecule has 4 rings (SSSR count). The lowest BCUT2D eigenvalue weighted by atomic mass is 9.36. The number of aryl methyl sites for hydroxylation is 1. The summed E-state index contributed by atoms with van der Waals surface area (Å²) in [7, 11) is 4.24. The SMILES string of the molecule is C=C(N[B]C)OC1CCC2(C)[C@@H]3Cc4ccc(C)c(C)c4[C@@]2(CCN3C)C1(C)C. The number of fused-ring (bicyclic) bond motifs is 1. The number of ether oxygens (including phenoxy) is 1. The number of rotatable bonds is 4. The minimum atomic E-state index is 0.00555. The summed E-state index contributed by atoms with van der Waals surface area (Å²) in [5, 5.41) is 3.16. The molecule has 0 aromatic heterocycles. The molecule has 1 heterocycles. The van der Waals surface area contributed by atoms with E-state index in [0.29, 0.717) is 11.9 Å². The second kappa shape index (κ2) is 6.80. The van der Waals surface area contributed by atoms with Crippen molar-refractivity contribution in [2.24, 2.45) is 10.8 Å². The largest absolute Gasteiger partial charge is 0.477 e. The first-order valence-corrected chi connectivity index (χ1v) is 11.3. The Balaban J connectivity index is 1.92. The number of nitrogens with one attached hydrogen (secondary N) is 1. The van der Waals surface area contributed by atoms with Gasteiger partial charge in [-0.1, -0.05) is 39.7 Å². The van der Waals surface area contributed by atoms with Gasteiger partial charge in [-0.15, -0.1) is 0 Å². The molecule has 2 aliphatic carbocycles. The highest BCUT2D eigenvalue weighted by Crippen LogP contribution is 2.69. The Kier molecular flexibility index (Phi) is 4.89. The molecule has 2 bridgehead atoms. The van der Waals surface area contributed by atoms with Crippen LogP contribution in [0.2, 0.25) is 6.82 Å². The Morgan fingerprint density at radius 2 is 1.97 bits per heavy atom. The molecule has 1 N–H and O–H groups in total. The van der Waals surface area contributed by atoms with Crippen molar-refractivity contribution in [2.45, 2.75) is 84.7 Å². The summed E-state index contributed by atoms with van der Waals surface area (Å²) in [6.07, 6.45) is 4.81. The van der Waals surface area contributed by atoms with Crippen LogP contribution in [-0.4, -0.2) is 38.1 Å². The molecular weight excluding hydrogens is 355 g/mol. The van der Waals surface area contributed by atoms with E-state index in [4.69, 9.17) is 4.74 Å². The van der Waals surface area contributed by atoms with E-state index in [0.717, 1.165) is 13.0 Å². The van der Waals surface area contributed by atoms with E-state index in [-0.39, 0.29) is 22.3 Å². The van der Waals surface area contributed by atoms with Gasteiger partial charge in [0.2, 0.25) is 7.41 Å². The maximum absolute atomic E-state index is 6.49. The minimum Gasteiger partial charge on any atom is -0.477 e. The summed E-state index contributed by atoms with van der Waals surface area (Å²) >= 11 is 0. The molecule has 4 atom stereocenters. The molecule has 1 saturated heterocycles. The van der Waals surface area contributed by atoms with Gasteiger partial charge >= 0.3 is 0 Å². The molecule has 1 radical (unpaired) electrons. The quantitative estimate of drug-likeness (QED) is 0.591. The fourth-order valence-corrected chi connectivity index (χ4v) is 7.59. The van der Waals surface area contributed by atoms with E-state index in [1.54, 1.807) is 11.1 Å². The van der Waals surface area contributed by atoms with E-state index in [9.17, 15) is 0 Å². The first-order valence-electron chi connectivity index (χ1n) is 11.3. The Morgan fingerprint density at radius 1 is 1.24 bits per heavy atom. The average molecular weight is 393 g/mol. The zero-order valence-electron chi connectivity index (χ0n) is 19.5. The first-order chi connectivity index (χ1) is 13.6. The van der Waals surface area contributed by atoms with Gasteiger partial charge in [-0.2, -0.15) is 0 Å². The molecular formula is C25H38BN2O. The van der Waals surface area contributed by atoms with Gasteiger partial charge in [-0.3, -0.25) is 0 Å². The van der Waals surface area contributed by atoms with Crippen molar-refractivity contribution < 1.29 is 4.74 Å². The van der Waals surface area contributed by atoms with Crippen molar-refractivity contribution in [1.29, 1.82) is 0 Å². The molecule has 2 fully saturated rings. The zero-order chi connectivity index (χ0) is 21.2. The minimum absolute atomic E-state index is 0.00555. The van der Waals surface area contributed by atoms with Crippen LogP contribution in [-0.2, 0) is 16.6 Å². The molecule has 0 amide bonds. The lowest BCUT2D eigenvalue weighted by Gasteiger charge is -2.71. The summed E-state index contributed by atoms with van der Waals surface area (Å²) in [5.41, 5.74) is 6.50. The van der Waals surface area contributed by atoms with Crippen molar-refractivity contribution in [1.82, 2.24) is 10.1 Å². The summed E-state index contributed by atoms with van der Waals surface area (Å²) in [4.78, 5) is 2.64. The van der Waals surface area contributed by atoms with E-state index < -0.39 is 0 Å². The van der Waals surface area contributed by atoms with E-state index in [1.165, 1.54) is 30.4 Å². The molecule has 29 heavy (non-hydrogen) atoms. The van der Waals surface area contributed by atoms with Crippen LogP contribution >= 0.6 is 0 Å². The highest BCUT2D eigenvalue weighted by Gasteiger charge is 2.70. The molecule has 0 spiro atoms. The highest BCUT2D eigenvalue weighted by atomic mass is 16.5. The number of likely N-dealkylation sites (N-methyl/N-ethyl adjacent to an activating group) is 1. The predicted octanol–water partition coefficient (Wildman–Crippen LogP) is 4.74. The van der Waals surface area contributed by atoms with Crippen molar-refractivity contribution in [2.75, 3.05) is 13.6 Å². The Bertz CT molecular complexity index is 834. The Morgan fingerprint density at radius 3 is 2.66 bits per heavy atom. The summed E-state index contributed by atoms with van der Waals surface area (Å²) in [6, 6.07) is 5.34. The van der Waals surface area contributed by atoms with Crippen LogP contribution in [0.15, 0.2) is 24.6 Å². The van der Waals surface area contributed by atoms with Gasteiger partial charge in [0, 0.05) is 16.9 Å². The van der Waals surface area contributed by atoms with Crippen LogP contribution in [0.25, 0.3) is 0 Å². The maximum atomic E-state index is 6.49. The number of nitrogens with zero attached hydrogens (tertiary/aromatic N) is 1. The van der Waals surface area contributed by atoms with Gasteiger partial charge < -0.3 is 14.9 Å². The standard InChI is InChI=1S/C25H38BN2O/c1-16-9-10-19-15-20-24(6)12-11-21(29-18(3)27-26-7)23(4,5)25(24,13-14-28(20)8)22(19)17(16)2/h9-10,20-21,27H,3,11-15H2,1-2,4-8H3/t20-,21?,24?,25-/m0/s1. The second-order valence-corrected chi connectivity index (χ2v) is 10.5. The molecule has 4 heteroatoms. The normalized spacial score (nSPS) is 35.3. The number of hydrogen-bond acceptors (Lipinski definition) is 3. The third kappa shape index (κ3) is 2.60. The van der Waals surface area contributed by atoms with Crippen molar-refractivity contribution in [3.05, 3.63) is 46.8 Å². The fourth-order valence-electron chi connectivity index (χ4n) is 7.59. The molecule has 157 valence electrons. The molecule has 3 aliphatic rings. The lowest BCUT2D eigenvalue weighted by Crippen LogP contribution is -2.73. The van der Waals surface area contributed by atoms with Crippen molar-refractivity contribution in [3.63, 3.8) is 0 Å². The van der Waals surface area contributed by atoms with Gasteiger partial charge in [0.1, 0.15) is 6.10 Å². The monoisotopic (exact) mass is 393 g/mol. The van der Waals surface area contributed by atoms with Crippen LogP contribution in [0.4, 0.5) is 0 Å². The Hall–Kier alpha value is -1.42. The van der Waals surface area contributed by atoms with Gasteiger partial charge in [0.15, 0.2) is 5.88 Å². The molecule has 3 nitrogen and oxygen atoms in total. The number of likely N-dealkylation sites (tertiary alicyclic amines) is 1. The van der Waals surface area contributed by atoms with Gasteiger partial charge in [0.25, 0.3) is 0 Å². The van der Waals surface area contributed by atoms with Gasteiger partial charge in [-0.25, -0.2) is 0 Å². The van der Waals surface area contributed by atoms with Crippen LogP contribution in [0.3, 0.4) is 0 Å². The fraction of sp³-hybridized carbons (Fsp3) is 0.680. The number of piperidine rings is 1. The van der Waals surface area contributed by atoms with Crippen LogP contribution < -0.4 is 5.23 Å². The topological polar surface area (TPSA) is 24.5 Å². The van der Waals surface area contributed by atoms with E-state index in [1.807, 2.05) is 14.2 Å². The second-order valence-electron chi connectivity index (χ2n) is 10.5. The van der Waals surface area contributed by atoms with Gasteiger partial charge in [-0.05, 0) is 87.4 Å². The number of benzene rings is 1. The zero-order valence-corrected chi connectivity index (χ0v) is 19.5. The van der Waals surface area contributed by atoms with Crippen LogP contribution in [0, 0.1) is 24.7 Å². The molecule has 1 aromatic carbocycles.